The number of ether oxygens (including phenoxy) is 2. The van der Waals surface area contributed by atoms with Gasteiger partial charge in [-0.05, 0) is 26.2 Å². The number of carboxylic acid groups (broad SMARTS) is 1. The average Bonchev–Trinajstić information content (AvgIpc) is 2.87. The number of unbranched alkanes of at least 4 members (excludes halogenated alkanes) is 13. The summed E-state index contributed by atoms with van der Waals surface area (Å²) in [5.74, 6) is -1.23. The van der Waals surface area contributed by atoms with Gasteiger partial charge in [-0.15, -0.1) is 0 Å². The molecule has 37 heavy (non-hydrogen) atoms. The lowest BCUT2D eigenvalue weighted by Gasteiger charge is -2.26. The highest BCUT2D eigenvalue weighted by Crippen LogP contribution is 2.29. The van der Waals surface area contributed by atoms with Gasteiger partial charge in [0.25, 0.3) is 0 Å². The van der Waals surface area contributed by atoms with Crippen molar-refractivity contribution in [2.24, 2.45) is 0 Å². The predicted molar refractivity (Wildman–Crippen MR) is 154 cm³/mol. The highest BCUT2D eigenvalue weighted by Gasteiger charge is 2.50. The Bertz CT molecular complexity index is 686. The Hall–Kier alpha value is -0.560. The van der Waals surface area contributed by atoms with E-state index in [1.165, 1.54) is 38.5 Å². The van der Waals surface area contributed by atoms with Crippen molar-refractivity contribution in [1.29, 1.82) is 0 Å². The summed E-state index contributed by atoms with van der Waals surface area (Å²) >= 11 is 0. The van der Waals surface area contributed by atoms with Gasteiger partial charge < -0.3 is 14.6 Å². The van der Waals surface area contributed by atoms with Gasteiger partial charge in [0.05, 0.1) is 23.7 Å². The largest absolute Gasteiger partial charge is 0.476 e. The number of sulfone groups is 1. The van der Waals surface area contributed by atoms with Gasteiger partial charge in [-0.3, -0.25) is 0 Å². The maximum absolute atomic E-state index is 13.4. The number of hydrogen-bond acceptors (Lipinski definition) is 6. The lowest BCUT2D eigenvalue weighted by atomic mass is 10.1. The van der Waals surface area contributed by atoms with Crippen LogP contribution in [0.2, 0.25) is 0 Å². The predicted octanol–water partition coefficient (Wildman–Crippen LogP) is 7.69. The van der Waals surface area contributed by atoms with Crippen molar-refractivity contribution < 1.29 is 32.4 Å². The van der Waals surface area contributed by atoms with E-state index in [0.717, 1.165) is 51.4 Å². The third kappa shape index (κ3) is 16.2. The fourth-order valence-electron chi connectivity index (χ4n) is 4.50. The van der Waals surface area contributed by atoms with E-state index in [1.807, 2.05) is 6.92 Å². The minimum Gasteiger partial charge on any atom is -0.476 e. The van der Waals surface area contributed by atoms with Crippen molar-refractivity contribution >= 4 is 24.3 Å². The Labute approximate surface area is 229 Å². The van der Waals surface area contributed by atoms with E-state index in [2.05, 4.69) is 13.8 Å². The van der Waals surface area contributed by atoms with Crippen molar-refractivity contribution in [3.8, 4) is 0 Å². The number of carboxylic acids is 1. The molecule has 4 unspecified atom stereocenters. The molecule has 0 aromatic carbocycles. The van der Waals surface area contributed by atoms with Crippen molar-refractivity contribution in [3.05, 3.63) is 0 Å². The van der Waals surface area contributed by atoms with E-state index in [-0.39, 0.29) is 12.4 Å². The van der Waals surface area contributed by atoms with Crippen LogP contribution in [0, 0.1) is 0 Å². The van der Waals surface area contributed by atoms with Crippen LogP contribution in [0.1, 0.15) is 137 Å². The summed E-state index contributed by atoms with van der Waals surface area (Å²) < 4.78 is 49.7. The highest BCUT2D eigenvalue weighted by atomic mass is 32.2. The summed E-state index contributed by atoms with van der Waals surface area (Å²) in [5.41, 5.74) is 0. The minimum atomic E-state index is -3.42. The highest BCUT2D eigenvalue weighted by molar-refractivity contribution is 7.92. The van der Waals surface area contributed by atoms with Crippen LogP contribution < -0.4 is 0 Å². The molecule has 0 aromatic rings. The molecular formula is C28H56O7PS+. The Morgan fingerprint density at radius 3 is 1.76 bits per heavy atom. The van der Waals surface area contributed by atoms with Gasteiger partial charge in [0.2, 0.25) is 0 Å². The second-order valence-electron chi connectivity index (χ2n) is 10.4. The summed E-state index contributed by atoms with van der Waals surface area (Å²) in [5, 5.41) is 6.97. The summed E-state index contributed by atoms with van der Waals surface area (Å²) in [6.07, 6.45) is 16.7. The molecular weight excluding hydrogens is 511 g/mol. The third-order valence-corrected chi connectivity index (χ3v) is 10.2. The molecule has 0 rings (SSSR count). The zero-order valence-electron chi connectivity index (χ0n) is 24.1. The lowest BCUT2D eigenvalue weighted by molar-refractivity contribution is -0.162. The summed E-state index contributed by atoms with van der Waals surface area (Å²) in [4.78, 5) is 11.8. The lowest BCUT2D eigenvalue weighted by Crippen LogP contribution is -2.44. The van der Waals surface area contributed by atoms with Crippen molar-refractivity contribution in [3.63, 3.8) is 0 Å². The first kappa shape index (κ1) is 36.4. The van der Waals surface area contributed by atoms with Crippen LogP contribution >= 0.6 is 8.46 Å². The molecule has 0 bridgehead atoms. The Kier molecular flexibility index (Phi) is 21.9. The third-order valence-electron chi connectivity index (χ3n) is 6.97. The van der Waals surface area contributed by atoms with E-state index < -0.39 is 47.6 Å². The van der Waals surface area contributed by atoms with Gasteiger partial charge in [0.15, 0.2) is 9.84 Å². The zero-order chi connectivity index (χ0) is 28.0. The van der Waals surface area contributed by atoms with Crippen LogP contribution in [0.15, 0.2) is 0 Å². The zero-order valence-corrected chi connectivity index (χ0v) is 25.9. The quantitative estimate of drug-likeness (QED) is 0.0801. The average molecular weight is 568 g/mol. The molecule has 0 aliphatic rings. The standard InChI is InChI=1S/C28H55O7PS/c1-5-8-10-12-14-15-16-18-20-23-37(32,33)26(21-19-17-13-11-9-6-2)25(4)34-24-28(36-31,27(29)30)35-22-7-3/h25-26H,5-24H2,1-4H3,(H,29,30)/p+1. The second kappa shape index (κ2) is 22.3. The molecule has 0 saturated heterocycles. The van der Waals surface area contributed by atoms with Crippen LogP contribution in [0.4, 0.5) is 0 Å². The minimum absolute atomic E-state index is 0.122. The Balaban J connectivity index is 5.04. The van der Waals surface area contributed by atoms with Gasteiger partial charge in [0, 0.05) is 0 Å². The molecule has 0 aromatic heterocycles. The molecule has 220 valence electrons. The van der Waals surface area contributed by atoms with E-state index in [1.54, 1.807) is 6.92 Å². The van der Waals surface area contributed by atoms with Gasteiger partial charge >= 0.3 is 19.8 Å². The summed E-state index contributed by atoms with van der Waals surface area (Å²) in [6, 6.07) is 0. The van der Waals surface area contributed by atoms with E-state index in [0.29, 0.717) is 19.3 Å². The van der Waals surface area contributed by atoms with Crippen LogP contribution in [0.25, 0.3) is 0 Å². The Morgan fingerprint density at radius 1 is 0.811 bits per heavy atom. The molecule has 0 fully saturated rings. The first-order valence-electron chi connectivity index (χ1n) is 14.8. The molecule has 0 aliphatic carbocycles. The molecule has 0 saturated carbocycles. The number of carbonyl (C=O) groups is 1. The van der Waals surface area contributed by atoms with Crippen LogP contribution in [0.5, 0.6) is 0 Å². The van der Waals surface area contributed by atoms with E-state index in [4.69, 9.17) is 9.47 Å². The fourth-order valence-corrected chi connectivity index (χ4v) is 6.99. The van der Waals surface area contributed by atoms with Gasteiger partial charge in [-0.2, -0.15) is 0 Å². The molecule has 7 nitrogen and oxygen atoms in total. The topological polar surface area (TPSA) is 107 Å². The van der Waals surface area contributed by atoms with Crippen molar-refractivity contribution in [2.45, 2.75) is 154 Å². The van der Waals surface area contributed by atoms with Gasteiger partial charge in [0.1, 0.15) is 6.61 Å². The van der Waals surface area contributed by atoms with Gasteiger partial charge in [-0.1, -0.05) is 115 Å². The maximum atomic E-state index is 13.4. The molecule has 0 amide bonds. The molecule has 0 heterocycles. The molecule has 0 aliphatic heterocycles. The van der Waals surface area contributed by atoms with Gasteiger partial charge in [-0.25, -0.2) is 13.2 Å². The molecule has 0 radical (unpaired) electrons. The van der Waals surface area contributed by atoms with E-state index >= 15 is 0 Å². The second-order valence-corrected chi connectivity index (χ2v) is 13.7. The summed E-state index contributed by atoms with van der Waals surface area (Å²) in [7, 11) is -4.68. The van der Waals surface area contributed by atoms with Crippen LogP contribution in [-0.2, 0) is 28.7 Å². The number of aliphatic carboxylic acids is 1. The van der Waals surface area contributed by atoms with Crippen molar-refractivity contribution in [2.75, 3.05) is 19.0 Å². The van der Waals surface area contributed by atoms with Crippen LogP contribution in [0.3, 0.4) is 0 Å². The first-order valence-corrected chi connectivity index (χ1v) is 17.4. The monoisotopic (exact) mass is 567 g/mol. The first-order chi connectivity index (χ1) is 17.7. The summed E-state index contributed by atoms with van der Waals surface area (Å²) in [6.45, 7) is 7.59. The van der Waals surface area contributed by atoms with Crippen LogP contribution in [-0.4, -0.2) is 55.2 Å². The number of hydrogen-bond donors (Lipinski definition) is 1. The molecule has 1 N–H and O–H groups in total. The SMILES string of the molecule is CCCCCCCCCCCS(=O)(=O)C(CCCCCCCC)C(C)OCC(OCCC)([PH+]=O)C(=O)O. The fraction of sp³-hybridized carbons (Fsp3) is 0.964. The normalized spacial score (nSPS) is 15.5. The Morgan fingerprint density at radius 2 is 1.30 bits per heavy atom. The molecule has 9 heteroatoms. The van der Waals surface area contributed by atoms with E-state index in [9.17, 15) is 22.9 Å². The van der Waals surface area contributed by atoms with Crippen molar-refractivity contribution in [1.82, 2.24) is 0 Å². The smallest absolute Gasteiger partial charge is 0.390 e. The molecule has 0 spiro atoms. The molecule has 4 atom stereocenters. The number of rotatable bonds is 27. The maximum Gasteiger partial charge on any atom is 0.390 e.